The van der Waals surface area contributed by atoms with Gasteiger partial charge in [0.15, 0.2) is 5.76 Å². The van der Waals surface area contributed by atoms with E-state index in [1.54, 1.807) is 30.0 Å². The zero-order chi connectivity index (χ0) is 22.3. The van der Waals surface area contributed by atoms with Crippen LogP contribution in [0.4, 0.5) is 5.69 Å². The quantitative estimate of drug-likeness (QED) is 0.589. The normalized spacial score (nSPS) is 15.9. The van der Waals surface area contributed by atoms with E-state index in [0.717, 1.165) is 19.3 Å². The second-order valence-corrected chi connectivity index (χ2v) is 10.2. The fraction of sp³-hybridized carbons (Fsp3) is 0.429. The minimum absolute atomic E-state index is 0.122. The van der Waals surface area contributed by atoms with Crippen LogP contribution < -0.4 is 10.6 Å². The summed E-state index contributed by atoms with van der Waals surface area (Å²) in [5.41, 5.74) is 0.365. The molecule has 2 aromatic rings. The van der Waals surface area contributed by atoms with Crippen LogP contribution in [0.5, 0.6) is 0 Å². The molecule has 0 saturated carbocycles. The second kappa shape index (κ2) is 10.8. The molecule has 2 heterocycles. The first kappa shape index (κ1) is 23.4. The average Bonchev–Trinajstić information content (AvgIpc) is 3.32. The maximum atomic E-state index is 12.9. The Morgan fingerprint density at radius 1 is 1.16 bits per heavy atom. The number of hydrogen-bond acceptors (Lipinski definition) is 6. The summed E-state index contributed by atoms with van der Waals surface area (Å²) in [4.78, 5) is 25.3. The van der Waals surface area contributed by atoms with Crippen LogP contribution >= 0.6 is 11.8 Å². The van der Waals surface area contributed by atoms with Crippen molar-refractivity contribution in [1.29, 1.82) is 0 Å². The Labute approximate surface area is 186 Å². The molecule has 10 heteroatoms. The number of carbonyl (C=O) groups is 2. The standard InChI is InChI=1S/C21H27N3O5S2/c1-30-14-10-18(23-21(26)19-9-6-13-29-19)20(25)22-16-7-5-8-17(15-16)31(27,28)24-11-3-2-4-12-24/h5-9,13,15,18H,2-4,10-12,14H2,1H3,(H,22,25)(H,23,26). The van der Waals surface area contributed by atoms with Crippen LogP contribution in [0, 0.1) is 0 Å². The fourth-order valence-electron chi connectivity index (χ4n) is 3.36. The number of piperidine rings is 1. The first-order valence-electron chi connectivity index (χ1n) is 10.2. The third-order valence-corrected chi connectivity index (χ3v) is 7.57. The highest BCUT2D eigenvalue weighted by molar-refractivity contribution is 7.98. The number of sulfonamides is 1. The van der Waals surface area contributed by atoms with E-state index in [1.807, 2.05) is 6.26 Å². The summed E-state index contributed by atoms with van der Waals surface area (Å²) in [6.45, 7) is 1.02. The van der Waals surface area contributed by atoms with Gasteiger partial charge in [-0.05, 0) is 61.6 Å². The average molecular weight is 466 g/mol. The van der Waals surface area contributed by atoms with Crippen molar-refractivity contribution in [1.82, 2.24) is 9.62 Å². The van der Waals surface area contributed by atoms with Crippen molar-refractivity contribution in [3.63, 3.8) is 0 Å². The van der Waals surface area contributed by atoms with Crippen LogP contribution in [0.3, 0.4) is 0 Å². The Kier molecular flexibility index (Phi) is 8.16. The fourth-order valence-corrected chi connectivity index (χ4v) is 5.39. The molecule has 1 aromatic heterocycles. The molecule has 0 aliphatic carbocycles. The van der Waals surface area contributed by atoms with Crippen molar-refractivity contribution in [2.45, 2.75) is 36.6 Å². The molecule has 2 amide bonds. The summed E-state index contributed by atoms with van der Waals surface area (Å²) in [6.07, 6.45) is 6.46. The predicted molar refractivity (Wildman–Crippen MR) is 121 cm³/mol. The number of thioether (sulfide) groups is 1. The minimum atomic E-state index is -3.61. The number of benzene rings is 1. The Morgan fingerprint density at radius 2 is 1.94 bits per heavy atom. The number of rotatable bonds is 9. The van der Waals surface area contributed by atoms with E-state index in [9.17, 15) is 18.0 Å². The summed E-state index contributed by atoms with van der Waals surface area (Å²) in [5, 5.41) is 5.43. The summed E-state index contributed by atoms with van der Waals surface area (Å²) < 4.78 is 32.4. The minimum Gasteiger partial charge on any atom is -0.459 e. The van der Waals surface area contributed by atoms with Gasteiger partial charge in [-0.25, -0.2) is 8.42 Å². The van der Waals surface area contributed by atoms with Gasteiger partial charge in [0.25, 0.3) is 5.91 Å². The first-order chi connectivity index (χ1) is 14.9. The molecule has 3 rings (SSSR count). The molecule has 8 nitrogen and oxygen atoms in total. The number of nitrogens with zero attached hydrogens (tertiary/aromatic N) is 1. The van der Waals surface area contributed by atoms with Gasteiger partial charge in [0.2, 0.25) is 15.9 Å². The molecule has 1 aromatic carbocycles. The van der Waals surface area contributed by atoms with E-state index < -0.39 is 27.9 Å². The maximum absolute atomic E-state index is 12.9. The topological polar surface area (TPSA) is 109 Å². The third kappa shape index (κ3) is 6.11. The molecule has 168 valence electrons. The number of nitrogens with one attached hydrogen (secondary N) is 2. The van der Waals surface area contributed by atoms with Crippen LogP contribution in [0.25, 0.3) is 0 Å². The lowest BCUT2D eigenvalue weighted by atomic mass is 10.2. The molecule has 1 aliphatic heterocycles. The number of amides is 2. The summed E-state index contributed by atoms with van der Waals surface area (Å²) in [5.74, 6) is -0.106. The largest absolute Gasteiger partial charge is 0.459 e. The molecule has 1 unspecified atom stereocenters. The van der Waals surface area contributed by atoms with Gasteiger partial charge in [0, 0.05) is 18.8 Å². The molecule has 1 atom stereocenters. The van der Waals surface area contributed by atoms with E-state index in [1.165, 1.54) is 28.8 Å². The zero-order valence-corrected chi connectivity index (χ0v) is 19.0. The lowest BCUT2D eigenvalue weighted by Gasteiger charge is -2.26. The van der Waals surface area contributed by atoms with Crippen LogP contribution in [0.15, 0.2) is 52.0 Å². The molecule has 2 N–H and O–H groups in total. The third-order valence-electron chi connectivity index (χ3n) is 5.03. The number of hydrogen-bond donors (Lipinski definition) is 2. The van der Waals surface area contributed by atoms with Gasteiger partial charge in [0.1, 0.15) is 6.04 Å². The van der Waals surface area contributed by atoms with Gasteiger partial charge in [-0.3, -0.25) is 9.59 Å². The monoisotopic (exact) mass is 465 g/mol. The molecule has 1 fully saturated rings. The zero-order valence-electron chi connectivity index (χ0n) is 17.4. The van der Waals surface area contributed by atoms with Crippen molar-refractivity contribution >= 4 is 39.3 Å². The number of furan rings is 1. The molecule has 0 radical (unpaired) electrons. The highest BCUT2D eigenvalue weighted by Crippen LogP contribution is 2.23. The Hall–Kier alpha value is -2.30. The smallest absolute Gasteiger partial charge is 0.287 e. The van der Waals surface area contributed by atoms with E-state index in [2.05, 4.69) is 10.6 Å². The van der Waals surface area contributed by atoms with Gasteiger partial charge < -0.3 is 15.1 Å². The summed E-state index contributed by atoms with van der Waals surface area (Å²) in [6, 6.07) is 8.56. The van der Waals surface area contributed by atoms with E-state index >= 15 is 0 Å². The van der Waals surface area contributed by atoms with Gasteiger partial charge in [-0.2, -0.15) is 16.1 Å². The van der Waals surface area contributed by atoms with Crippen molar-refractivity contribution < 1.29 is 22.4 Å². The van der Waals surface area contributed by atoms with Crippen molar-refractivity contribution in [3.05, 3.63) is 48.4 Å². The molecular formula is C21H27N3O5S2. The molecule has 1 aliphatic rings. The number of anilines is 1. The molecular weight excluding hydrogens is 438 g/mol. The summed E-state index contributed by atoms with van der Waals surface area (Å²) in [7, 11) is -3.61. The van der Waals surface area contributed by atoms with Gasteiger partial charge in [0.05, 0.1) is 11.2 Å². The van der Waals surface area contributed by atoms with Crippen LogP contribution in [-0.2, 0) is 14.8 Å². The maximum Gasteiger partial charge on any atom is 0.287 e. The number of carbonyl (C=O) groups excluding carboxylic acids is 2. The molecule has 31 heavy (non-hydrogen) atoms. The van der Waals surface area contributed by atoms with Crippen molar-refractivity contribution in [2.75, 3.05) is 30.4 Å². The highest BCUT2D eigenvalue weighted by atomic mass is 32.2. The van der Waals surface area contributed by atoms with Crippen molar-refractivity contribution in [3.8, 4) is 0 Å². The molecule has 1 saturated heterocycles. The Morgan fingerprint density at radius 3 is 2.61 bits per heavy atom. The summed E-state index contributed by atoms with van der Waals surface area (Å²) >= 11 is 1.56. The first-order valence-corrected chi connectivity index (χ1v) is 13.0. The SMILES string of the molecule is CSCCC(NC(=O)c1ccco1)C(=O)Nc1cccc(S(=O)(=O)N2CCCCC2)c1. The predicted octanol–water partition coefficient (Wildman–Crippen LogP) is 2.94. The highest BCUT2D eigenvalue weighted by Gasteiger charge is 2.27. The van der Waals surface area contributed by atoms with Gasteiger partial charge in [-0.15, -0.1) is 0 Å². The van der Waals surface area contributed by atoms with Gasteiger partial charge in [-0.1, -0.05) is 12.5 Å². The lowest BCUT2D eigenvalue weighted by Crippen LogP contribution is -2.44. The Balaban J connectivity index is 1.72. The Bertz CT molecular complexity index is 986. The molecule has 0 spiro atoms. The van der Waals surface area contributed by atoms with Crippen LogP contribution in [0.2, 0.25) is 0 Å². The van der Waals surface area contributed by atoms with E-state index in [0.29, 0.717) is 31.0 Å². The van der Waals surface area contributed by atoms with Crippen LogP contribution in [0.1, 0.15) is 36.2 Å². The van der Waals surface area contributed by atoms with E-state index in [-0.39, 0.29) is 10.7 Å². The van der Waals surface area contributed by atoms with Crippen molar-refractivity contribution in [2.24, 2.45) is 0 Å². The molecule has 0 bridgehead atoms. The second-order valence-electron chi connectivity index (χ2n) is 7.27. The lowest BCUT2D eigenvalue weighted by molar-refractivity contribution is -0.118. The van der Waals surface area contributed by atoms with E-state index in [4.69, 9.17) is 4.42 Å². The van der Waals surface area contributed by atoms with Gasteiger partial charge >= 0.3 is 0 Å². The van der Waals surface area contributed by atoms with Crippen LogP contribution in [-0.4, -0.2) is 55.7 Å².